The number of hydrogen-bond donors (Lipinski definition) is 3. The maximum atomic E-state index is 13.9. The molecule has 1 saturated carbocycles. The number of benzene rings is 1. The van der Waals surface area contributed by atoms with Crippen LogP contribution < -0.4 is 15.5 Å². The number of rotatable bonds is 6. The molecule has 2 fully saturated rings. The lowest BCUT2D eigenvalue weighted by atomic mass is 9.87. The Morgan fingerprint density at radius 1 is 1.16 bits per heavy atom. The van der Waals surface area contributed by atoms with Crippen molar-refractivity contribution in [3.63, 3.8) is 0 Å². The van der Waals surface area contributed by atoms with Crippen LogP contribution in [0.15, 0.2) is 48.8 Å². The zero-order valence-electron chi connectivity index (χ0n) is 21.6. The van der Waals surface area contributed by atoms with Crippen LogP contribution in [0, 0.1) is 0 Å². The van der Waals surface area contributed by atoms with E-state index in [9.17, 15) is 23.5 Å². The number of alkyl halides is 2. The van der Waals surface area contributed by atoms with E-state index >= 15 is 0 Å². The van der Waals surface area contributed by atoms with Crippen molar-refractivity contribution in [2.24, 2.45) is 0 Å². The first kappa shape index (κ1) is 27.1. The number of β-amino-alcohol motifs (C(OH)–C–C–N with tert-alkyl or cyclic N) is 1. The van der Waals surface area contributed by atoms with E-state index in [4.69, 9.17) is 0 Å². The summed E-state index contributed by atoms with van der Waals surface area (Å²) in [4.78, 5) is 33.4. The van der Waals surface area contributed by atoms with Crippen LogP contribution in [-0.4, -0.2) is 52.6 Å². The largest absolute Gasteiger partial charge is 0.392 e. The van der Waals surface area contributed by atoms with Gasteiger partial charge in [-0.05, 0) is 48.4 Å². The summed E-state index contributed by atoms with van der Waals surface area (Å²) in [6.07, 6.45) is 2.47. The average Bonchev–Trinajstić information content (AvgIpc) is 3.29. The molecule has 37 heavy (non-hydrogen) atoms. The van der Waals surface area contributed by atoms with Gasteiger partial charge in [-0.3, -0.25) is 19.5 Å². The van der Waals surface area contributed by atoms with Gasteiger partial charge in [0.05, 0.1) is 12.1 Å². The standard InChI is InChI=1S/C28H36F2N4O3/c1-27(2,3)19-6-8-21(9-7-19)34(26(37)23-15-22(35)17-32-23)24(18-5-4-14-31-16-18)25(36)33-20-10-12-28(29,30)13-11-20/h4-9,14,16,20,22-24,32,35H,10-13,15,17H2,1-3H3,(H,33,36). The number of anilines is 1. The molecule has 1 aliphatic heterocycles. The summed E-state index contributed by atoms with van der Waals surface area (Å²) in [5.74, 6) is -3.51. The quantitative estimate of drug-likeness (QED) is 0.544. The Kier molecular flexibility index (Phi) is 7.94. The molecule has 2 aliphatic rings. The molecule has 0 bridgehead atoms. The van der Waals surface area contributed by atoms with Gasteiger partial charge in [0.2, 0.25) is 17.7 Å². The van der Waals surface area contributed by atoms with Crippen LogP contribution in [0.1, 0.15) is 70.0 Å². The highest BCUT2D eigenvalue weighted by Gasteiger charge is 2.41. The van der Waals surface area contributed by atoms with Gasteiger partial charge in [-0.1, -0.05) is 39.0 Å². The molecule has 200 valence electrons. The van der Waals surface area contributed by atoms with Crippen molar-refractivity contribution in [3.05, 3.63) is 59.9 Å². The van der Waals surface area contributed by atoms with Crippen LogP contribution in [0.3, 0.4) is 0 Å². The average molecular weight is 515 g/mol. The summed E-state index contributed by atoms with van der Waals surface area (Å²) >= 11 is 0. The number of nitrogens with one attached hydrogen (secondary N) is 2. The van der Waals surface area contributed by atoms with E-state index in [1.54, 1.807) is 24.5 Å². The molecular formula is C28H36F2N4O3. The lowest BCUT2D eigenvalue weighted by Gasteiger charge is -2.35. The molecule has 1 saturated heterocycles. The van der Waals surface area contributed by atoms with E-state index in [0.29, 0.717) is 11.3 Å². The number of amides is 2. The molecular weight excluding hydrogens is 478 g/mol. The predicted octanol–water partition coefficient (Wildman–Crippen LogP) is 3.87. The van der Waals surface area contributed by atoms with E-state index in [-0.39, 0.29) is 50.0 Å². The van der Waals surface area contributed by atoms with Crippen LogP contribution >= 0.6 is 0 Å². The highest BCUT2D eigenvalue weighted by atomic mass is 19.3. The fourth-order valence-corrected chi connectivity index (χ4v) is 5.02. The third kappa shape index (κ3) is 6.51. The molecule has 2 aromatic rings. The molecule has 9 heteroatoms. The molecule has 0 radical (unpaired) electrons. The number of nitrogens with zero attached hydrogens (tertiary/aromatic N) is 2. The first-order valence-corrected chi connectivity index (χ1v) is 12.9. The molecule has 3 atom stereocenters. The number of halogens is 2. The SMILES string of the molecule is CC(C)(C)c1ccc(N(C(=O)C2CC(O)CN2)C(C(=O)NC2CCC(F)(F)CC2)c2cccnc2)cc1. The minimum Gasteiger partial charge on any atom is -0.392 e. The molecule has 3 N–H and O–H groups in total. The van der Waals surface area contributed by atoms with Gasteiger partial charge in [-0.25, -0.2) is 8.78 Å². The second-order valence-corrected chi connectivity index (χ2v) is 11.2. The van der Waals surface area contributed by atoms with Gasteiger partial charge < -0.3 is 15.7 Å². The summed E-state index contributed by atoms with van der Waals surface area (Å²) in [6, 6.07) is 8.80. The van der Waals surface area contributed by atoms with Gasteiger partial charge in [-0.2, -0.15) is 0 Å². The Morgan fingerprint density at radius 2 is 1.84 bits per heavy atom. The van der Waals surface area contributed by atoms with Crippen LogP contribution in [0.5, 0.6) is 0 Å². The lowest BCUT2D eigenvalue weighted by molar-refractivity contribution is -0.128. The van der Waals surface area contributed by atoms with E-state index in [2.05, 4.69) is 36.4 Å². The van der Waals surface area contributed by atoms with Crippen LogP contribution in [0.4, 0.5) is 14.5 Å². The Hall–Kier alpha value is -2.91. The fourth-order valence-electron chi connectivity index (χ4n) is 5.02. The smallest absolute Gasteiger partial charge is 0.248 e. The number of aromatic nitrogens is 1. The Balaban J connectivity index is 1.71. The number of aliphatic hydroxyl groups excluding tert-OH is 1. The summed E-state index contributed by atoms with van der Waals surface area (Å²) < 4.78 is 27.4. The Bertz CT molecular complexity index is 1080. The number of hydrogen-bond acceptors (Lipinski definition) is 5. The third-order valence-corrected chi connectivity index (χ3v) is 7.22. The first-order valence-electron chi connectivity index (χ1n) is 12.9. The monoisotopic (exact) mass is 514 g/mol. The molecule has 2 heterocycles. The summed E-state index contributed by atoms with van der Waals surface area (Å²) in [6.45, 7) is 6.56. The minimum atomic E-state index is -2.71. The minimum absolute atomic E-state index is 0.104. The highest BCUT2D eigenvalue weighted by molar-refractivity contribution is 6.04. The van der Waals surface area contributed by atoms with E-state index in [1.165, 1.54) is 4.90 Å². The Morgan fingerprint density at radius 3 is 2.38 bits per heavy atom. The van der Waals surface area contributed by atoms with Crippen LogP contribution in [0.2, 0.25) is 0 Å². The van der Waals surface area contributed by atoms with E-state index < -0.39 is 36.1 Å². The molecule has 1 aliphatic carbocycles. The third-order valence-electron chi connectivity index (χ3n) is 7.22. The van der Waals surface area contributed by atoms with Crippen molar-refractivity contribution < 1.29 is 23.5 Å². The maximum absolute atomic E-state index is 13.9. The number of pyridine rings is 1. The van der Waals surface area contributed by atoms with Crippen molar-refractivity contribution in [1.82, 2.24) is 15.6 Å². The van der Waals surface area contributed by atoms with Gasteiger partial charge in [0.1, 0.15) is 6.04 Å². The summed E-state index contributed by atoms with van der Waals surface area (Å²) in [7, 11) is 0. The molecule has 3 unspecified atom stereocenters. The predicted molar refractivity (Wildman–Crippen MR) is 137 cm³/mol. The second-order valence-electron chi connectivity index (χ2n) is 11.2. The van der Waals surface area contributed by atoms with Crippen molar-refractivity contribution in [3.8, 4) is 0 Å². The van der Waals surface area contributed by atoms with Crippen molar-refractivity contribution in [2.75, 3.05) is 11.4 Å². The maximum Gasteiger partial charge on any atom is 0.248 e. The fraction of sp³-hybridized carbons (Fsp3) is 0.536. The van der Waals surface area contributed by atoms with Gasteiger partial charge >= 0.3 is 0 Å². The van der Waals surface area contributed by atoms with Crippen LogP contribution in [-0.2, 0) is 15.0 Å². The lowest BCUT2D eigenvalue weighted by Crippen LogP contribution is -2.52. The van der Waals surface area contributed by atoms with Gasteiger partial charge in [-0.15, -0.1) is 0 Å². The Labute approximate surface area is 216 Å². The van der Waals surface area contributed by atoms with Gasteiger partial charge in [0, 0.05) is 49.1 Å². The number of aliphatic hydroxyl groups is 1. The van der Waals surface area contributed by atoms with Crippen molar-refractivity contribution in [1.29, 1.82) is 0 Å². The molecule has 1 aromatic heterocycles. The zero-order chi connectivity index (χ0) is 26.8. The van der Waals surface area contributed by atoms with E-state index in [0.717, 1.165) is 5.56 Å². The van der Waals surface area contributed by atoms with Gasteiger partial charge in [0.25, 0.3) is 0 Å². The normalized spacial score (nSPS) is 22.9. The molecule has 2 amide bonds. The topological polar surface area (TPSA) is 94.6 Å². The van der Waals surface area contributed by atoms with E-state index in [1.807, 2.05) is 24.3 Å². The molecule has 7 nitrogen and oxygen atoms in total. The second kappa shape index (κ2) is 10.8. The molecule has 1 aromatic carbocycles. The number of carbonyl (C=O) groups excluding carboxylic acids is 2. The zero-order valence-corrected chi connectivity index (χ0v) is 21.6. The van der Waals surface area contributed by atoms with Crippen LogP contribution in [0.25, 0.3) is 0 Å². The highest BCUT2D eigenvalue weighted by Crippen LogP contribution is 2.35. The van der Waals surface area contributed by atoms with Gasteiger partial charge in [0.15, 0.2) is 0 Å². The number of carbonyl (C=O) groups is 2. The summed E-state index contributed by atoms with van der Waals surface area (Å²) in [5, 5.41) is 16.1. The molecule has 4 rings (SSSR count). The first-order chi connectivity index (χ1) is 17.4. The van der Waals surface area contributed by atoms with Crippen molar-refractivity contribution in [2.45, 2.75) is 88.4 Å². The molecule has 0 spiro atoms. The summed E-state index contributed by atoms with van der Waals surface area (Å²) in [5.41, 5.74) is 2.00. The van der Waals surface area contributed by atoms with Crippen molar-refractivity contribution >= 4 is 17.5 Å².